The molecule has 26 heavy (non-hydrogen) atoms. The number of benzene rings is 1. The Morgan fingerprint density at radius 1 is 1.15 bits per heavy atom. The molecule has 6 atom stereocenters. The molecule has 132 valence electrons. The van der Waals surface area contributed by atoms with E-state index in [2.05, 4.69) is 17.3 Å². The molecule has 1 saturated heterocycles. The third-order valence-corrected chi connectivity index (χ3v) is 6.16. The fourth-order valence-electron chi connectivity index (χ4n) is 4.95. The summed E-state index contributed by atoms with van der Waals surface area (Å²) in [6, 6.07) is 3.77. The zero-order valence-electron chi connectivity index (χ0n) is 13.6. The molecule has 1 N–H and O–H groups in total. The minimum absolute atomic E-state index is 0.126. The minimum Gasteiger partial charge on any atom is -0.502 e. The van der Waals surface area contributed by atoms with Crippen LogP contribution in [0, 0.1) is 45.6 Å². The van der Waals surface area contributed by atoms with Gasteiger partial charge in [-0.1, -0.05) is 12.2 Å². The number of nitro benzene ring substituents is 1. The molecular formula is C18H15N3O5. The van der Waals surface area contributed by atoms with Crippen LogP contribution in [-0.2, 0) is 9.59 Å². The Kier molecular flexibility index (Phi) is 2.93. The predicted molar refractivity (Wildman–Crippen MR) is 88.9 cm³/mol. The van der Waals surface area contributed by atoms with Gasteiger partial charge < -0.3 is 5.11 Å². The van der Waals surface area contributed by atoms with Crippen LogP contribution >= 0.6 is 0 Å². The van der Waals surface area contributed by atoms with Crippen molar-refractivity contribution in [2.75, 3.05) is 0 Å². The second-order valence-corrected chi connectivity index (χ2v) is 7.39. The summed E-state index contributed by atoms with van der Waals surface area (Å²) in [6.07, 6.45) is 6.51. The first-order valence-corrected chi connectivity index (χ1v) is 8.55. The number of carbonyl (C=O) groups is 2. The van der Waals surface area contributed by atoms with E-state index in [9.17, 15) is 24.8 Å². The number of hydrazone groups is 1. The first-order chi connectivity index (χ1) is 12.5. The van der Waals surface area contributed by atoms with Crippen LogP contribution in [0.4, 0.5) is 5.69 Å². The van der Waals surface area contributed by atoms with Gasteiger partial charge in [0.25, 0.3) is 11.8 Å². The Balaban J connectivity index is 1.43. The highest BCUT2D eigenvalue weighted by Gasteiger charge is 2.67. The lowest BCUT2D eigenvalue weighted by Gasteiger charge is -2.37. The highest BCUT2D eigenvalue weighted by molar-refractivity contribution is 6.06. The van der Waals surface area contributed by atoms with Crippen molar-refractivity contribution in [3.63, 3.8) is 0 Å². The van der Waals surface area contributed by atoms with E-state index >= 15 is 0 Å². The Morgan fingerprint density at radius 2 is 1.77 bits per heavy atom. The third-order valence-electron chi connectivity index (χ3n) is 6.16. The maximum Gasteiger partial charge on any atom is 0.311 e. The molecule has 1 aromatic carbocycles. The van der Waals surface area contributed by atoms with E-state index in [0.29, 0.717) is 17.4 Å². The molecule has 2 bridgehead atoms. The lowest BCUT2D eigenvalue weighted by molar-refractivity contribution is -0.385. The molecule has 2 amide bonds. The summed E-state index contributed by atoms with van der Waals surface area (Å²) in [5.74, 6) is -0.377. The summed E-state index contributed by atoms with van der Waals surface area (Å²) < 4.78 is 0. The molecule has 6 rings (SSSR count). The lowest BCUT2D eigenvalue weighted by Crippen LogP contribution is -2.40. The average molecular weight is 353 g/mol. The molecular weight excluding hydrogens is 338 g/mol. The van der Waals surface area contributed by atoms with Gasteiger partial charge in [0.05, 0.1) is 23.0 Å². The van der Waals surface area contributed by atoms with Gasteiger partial charge in [-0.25, -0.2) is 0 Å². The van der Waals surface area contributed by atoms with Gasteiger partial charge in [-0.15, -0.1) is 0 Å². The first kappa shape index (κ1) is 15.2. The molecule has 1 heterocycles. The molecule has 1 aromatic rings. The normalized spacial score (nSPS) is 36.5. The number of hydrogen-bond acceptors (Lipinski definition) is 6. The Bertz CT molecular complexity index is 887. The lowest BCUT2D eigenvalue weighted by atomic mass is 9.63. The predicted octanol–water partition coefficient (Wildman–Crippen LogP) is 1.69. The van der Waals surface area contributed by atoms with Gasteiger partial charge in [-0.05, 0) is 42.2 Å². The van der Waals surface area contributed by atoms with Crippen molar-refractivity contribution >= 4 is 23.7 Å². The van der Waals surface area contributed by atoms with E-state index in [-0.39, 0.29) is 35.5 Å². The molecule has 0 aromatic heterocycles. The van der Waals surface area contributed by atoms with Crippen LogP contribution < -0.4 is 0 Å². The summed E-state index contributed by atoms with van der Waals surface area (Å²) in [5, 5.41) is 25.3. The van der Waals surface area contributed by atoms with E-state index in [0.717, 1.165) is 17.5 Å². The third kappa shape index (κ3) is 1.92. The zero-order chi connectivity index (χ0) is 18.2. The van der Waals surface area contributed by atoms with E-state index in [1.807, 2.05) is 0 Å². The number of carbonyl (C=O) groups excluding carboxylic acids is 2. The number of rotatable bonds is 3. The van der Waals surface area contributed by atoms with Gasteiger partial charge in [0, 0.05) is 11.6 Å². The smallest absolute Gasteiger partial charge is 0.311 e. The van der Waals surface area contributed by atoms with Gasteiger partial charge in [0.2, 0.25) is 0 Å². The maximum atomic E-state index is 12.8. The number of hydrogen-bond donors (Lipinski definition) is 1. The van der Waals surface area contributed by atoms with Crippen LogP contribution in [0.3, 0.4) is 0 Å². The van der Waals surface area contributed by atoms with Crippen molar-refractivity contribution in [2.45, 2.75) is 6.42 Å². The van der Waals surface area contributed by atoms with Crippen LogP contribution in [0.2, 0.25) is 0 Å². The van der Waals surface area contributed by atoms with Crippen molar-refractivity contribution in [2.24, 2.45) is 40.6 Å². The van der Waals surface area contributed by atoms with Crippen LogP contribution in [0.1, 0.15) is 12.0 Å². The average Bonchev–Trinajstić information content (AvgIpc) is 3.40. The molecule has 8 nitrogen and oxygen atoms in total. The molecule has 5 aliphatic rings. The van der Waals surface area contributed by atoms with Crippen molar-refractivity contribution in [1.29, 1.82) is 0 Å². The summed E-state index contributed by atoms with van der Waals surface area (Å²) in [5.41, 5.74) is -0.127. The quantitative estimate of drug-likeness (QED) is 0.292. The molecule has 8 heteroatoms. The standard InChI is InChI=1S/C18H15N3O5/c22-14-4-1-8(5-13(14)21(25)26)7-19-20-17(23)15-9-2-3-10(12-6-11(9)12)16(15)18(20)24/h1-5,7,9-12,15-16,22H,6H2/b19-7-/t9-,10-,11-,12-,15-,16+/m0/s1. The largest absolute Gasteiger partial charge is 0.502 e. The van der Waals surface area contributed by atoms with E-state index < -0.39 is 16.4 Å². The zero-order valence-corrected chi connectivity index (χ0v) is 13.6. The summed E-state index contributed by atoms with van der Waals surface area (Å²) >= 11 is 0. The van der Waals surface area contributed by atoms with Crippen molar-refractivity contribution in [3.05, 3.63) is 46.0 Å². The van der Waals surface area contributed by atoms with Crippen molar-refractivity contribution in [1.82, 2.24) is 5.01 Å². The van der Waals surface area contributed by atoms with Crippen LogP contribution in [-0.4, -0.2) is 33.1 Å². The SMILES string of the molecule is O=C1[C@@H]2[C@H]3C=C[C@@H]([C@@H]4C[C@@H]34)[C@@H]2C(=O)N1/N=C\c1ccc(O)c([N+](=O)[O-])c1. The number of phenols is 1. The van der Waals surface area contributed by atoms with Gasteiger partial charge in [0.1, 0.15) is 0 Å². The number of aromatic hydroxyl groups is 1. The topological polar surface area (TPSA) is 113 Å². The Labute approximate surface area is 147 Å². The molecule has 0 spiro atoms. The minimum atomic E-state index is -0.705. The van der Waals surface area contributed by atoms with Crippen LogP contribution in [0.5, 0.6) is 5.75 Å². The maximum absolute atomic E-state index is 12.8. The van der Waals surface area contributed by atoms with E-state index in [4.69, 9.17) is 0 Å². The fourth-order valence-corrected chi connectivity index (χ4v) is 4.95. The second-order valence-electron chi connectivity index (χ2n) is 7.39. The number of phenolic OH excluding ortho intramolecular Hbond substituents is 1. The molecule has 1 aliphatic heterocycles. The summed E-state index contributed by atoms with van der Waals surface area (Å²) in [6.45, 7) is 0. The van der Waals surface area contributed by atoms with Crippen molar-refractivity contribution < 1.29 is 19.6 Å². The number of nitro groups is 1. The van der Waals surface area contributed by atoms with Crippen molar-refractivity contribution in [3.8, 4) is 5.75 Å². The van der Waals surface area contributed by atoms with Gasteiger partial charge in [-0.3, -0.25) is 19.7 Å². The number of allylic oxidation sites excluding steroid dienone is 2. The molecule has 3 fully saturated rings. The fraction of sp³-hybridized carbons (Fsp3) is 0.389. The van der Waals surface area contributed by atoms with Gasteiger partial charge in [-0.2, -0.15) is 10.1 Å². The van der Waals surface area contributed by atoms with Gasteiger partial charge >= 0.3 is 5.69 Å². The Morgan fingerprint density at radius 3 is 2.35 bits per heavy atom. The number of imide groups is 1. The van der Waals surface area contributed by atoms with E-state index in [1.165, 1.54) is 18.3 Å². The summed E-state index contributed by atoms with van der Waals surface area (Å²) in [4.78, 5) is 35.7. The number of nitrogens with zero attached hydrogens (tertiary/aromatic N) is 3. The van der Waals surface area contributed by atoms with Gasteiger partial charge in [0.15, 0.2) is 5.75 Å². The monoisotopic (exact) mass is 353 g/mol. The van der Waals surface area contributed by atoms with Crippen LogP contribution in [0.25, 0.3) is 0 Å². The second kappa shape index (κ2) is 5.00. The van der Waals surface area contributed by atoms with Crippen LogP contribution in [0.15, 0.2) is 35.5 Å². The molecule has 2 saturated carbocycles. The molecule has 0 radical (unpaired) electrons. The van der Waals surface area contributed by atoms with E-state index in [1.54, 1.807) is 0 Å². The highest BCUT2D eigenvalue weighted by Crippen LogP contribution is 2.65. The number of amides is 2. The molecule has 0 unspecified atom stereocenters. The first-order valence-electron chi connectivity index (χ1n) is 8.55. The summed E-state index contributed by atoms with van der Waals surface area (Å²) in [7, 11) is 0. The Hall–Kier alpha value is -3.03. The molecule has 4 aliphatic carbocycles. The highest BCUT2D eigenvalue weighted by atomic mass is 16.6.